The van der Waals surface area contributed by atoms with Crippen LogP contribution in [-0.4, -0.2) is 18.1 Å². The summed E-state index contributed by atoms with van der Waals surface area (Å²) in [7, 11) is 1.51. The topological polar surface area (TPSA) is 58.6 Å². The van der Waals surface area contributed by atoms with E-state index in [9.17, 15) is 9.90 Å². The van der Waals surface area contributed by atoms with Crippen molar-refractivity contribution in [2.45, 2.75) is 52.5 Å². The molecular formula is C19H29NO3. The van der Waals surface area contributed by atoms with Crippen molar-refractivity contribution in [2.75, 3.05) is 7.11 Å². The molecular weight excluding hydrogens is 290 g/mol. The molecule has 4 heteroatoms. The van der Waals surface area contributed by atoms with Gasteiger partial charge in [0.1, 0.15) is 0 Å². The average Bonchev–Trinajstić information content (AvgIpc) is 2.56. The van der Waals surface area contributed by atoms with Gasteiger partial charge in [-0.25, -0.2) is 0 Å². The summed E-state index contributed by atoms with van der Waals surface area (Å²) in [6, 6.07) is 5.08. The molecule has 0 spiro atoms. The summed E-state index contributed by atoms with van der Waals surface area (Å²) in [4.78, 5) is 11.8. The van der Waals surface area contributed by atoms with Crippen LogP contribution in [0, 0.1) is 5.92 Å². The molecule has 4 nitrogen and oxygen atoms in total. The van der Waals surface area contributed by atoms with Gasteiger partial charge in [0.25, 0.3) is 0 Å². The van der Waals surface area contributed by atoms with Gasteiger partial charge in [-0.3, -0.25) is 4.79 Å². The largest absolute Gasteiger partial charge is 0.504 e. The quantitative estimate of drug-likeness (QED) is 0.502. The van der Waals surface area contributed by atoms with Gasteiger partial charge in [-0.15, -0.1) is 0 Å². The Bertz CT molecular complexity index is 511. The van der Waals surface area contributed by atoms with Crippen molar-refractivity contribution < 1.29 is 14.6 Å². The standard InChI is InChI=1S/C19H29NO3/c1-4-15(2)9-7-5-6-8-10-19(22)20-14-16-11-12-17(21)18(13-16)23-3/h7,9,11-13,15,21H,4-6,8,10,14H2,1-3H3,(H,20,22)/b9-7+. The summed E-state index contributed by atoms with van der Waals surface area (Å²) < 4.78 is 5.05. The molecule has 1 rings (SSSR count). The molecule has 2 N–H and O–H groups in total. The van der Waals surface area contributed by atoms with Crippen molar-refractivity contribution in [2.24, 2.45) is 5.92 Å². The van der Waals surface area contributed by atoms with Gasteiger partial charge in [0.05, 0.1) is 7.11 Å². The molecule has 0 aliphatic carbocycles. The van der Waals surface area contributed by atoms with Crippen molar-refractivity contribution in [1.82, 2.24) is 5.32 Å². The van der Waals surface area contributed by atoms with Gasteiger partial charge in [0.2, 0.25) is 5.91 Å². The fourth-order valence-electron chi connectivity index (χ4n) is 2.13. The number of allylic oxidation sites excluding steroid dienone is 2. The summed E-state index contributed by atoms with van der Waals surface area (Å²) in [5, 5.41) is 12.4. The Morgan fingerprint density at radius 2 is 2.17 bits per heavy atom. The minimum absolute atomic E-state index is 0.0583. The highest BCUT2D eigenvalue weighted by Crippen LogP contribution is 2.26. The van der Waals surface area contributed by atoms with E-state index in [1.807, 2.05) is 0 Å². The zero-order valence-corrected chi connectivity index (χ0v) is 14.5. The van der Waals surface area contributed by atoms with Crippen molar-refractivity contribution >= 4 is 5.91 Å². The van der Waals surface area contributed by atoms with Crippen LogP contribution < -0.4 is 10.1 Å². The van der Waals surface area contributed by atoms with E-state index in [0.29, 0.717) is 24.6 Å². The molecule has 1 amide bonds. The maximum Gasteiger partial charge on any atom is 0.220 e. The van der Waals surface area contributed by atoms with Gasteiger partial charge in [0, 0.05) is 13.0 Å². The molecule has 128 valence electrons. The highest BCUT2D eigenvalue weighted by molar-refractivity contribution is 5.75. The van der Waals surface area contributed by atoms with E-state index in [2.05, 4.69) is 31.3 Å². The fourth-order valence-corrected chi connectivity index (χ4v) is 2.13. The number of phenolic OH excluding ortho intramolecular Hbond substituents is 1. The Morgan fingerprint density at radius 1 is 1.39 bits per heavy atom. The van der Waals surface area contributed by atoms with E-state index in [-0.39, 0.29) is 11.7 Å². The molecule has 0 heterocycles. The first-order valence-electron chi connectivity index (χ1n) is 8.36. The molecule has 1 unspecified atom stereocenters. The first-order valence-corrected chi connectivity index (χ1v) is 8.36. The van der Waals surface area contributed by atoms with Gasteiger partial charge in [-0.2, -0.15) is 0 Å². The van der Waals surface area contributed by atoms with Crippen LogP contribution in [0.25, 0.3) is 0 Å². The molecule has 0 fully saturated rings. The summed E-state index contributed by atoms with van der Waals surface area (Å²) >= 11 is 0. The Hall–Kier alpha value is -1.97. The lowest BCUT2D eigenvalue weighted by atomic mass is 10.1. The minimum atomic E-state index is 0.0583. The molecule has 1 aromatic rings. The number of phenols is 1. The monoisotopic (exact) mass is 319 g/mol. The first-order chi connectivity index (χ1) is 11.1. The number of methoxy groups -OCH3 is 1. The smallest absolute Gasteiger partial charge is 0.220 e. The predicted octanol–water partition coefficient (Wildman–Crippen LogP) is 4.18. The van der Waals surface area contributed by atoms with Crippen LogP contribution in [0.4, 0.5) is 0 Å². The average molecular weight is 319 g/mol. The Morgan fingerprint density at radius 3 is 2.87 bits per heavy atom. The predicted molar refractivity (Wildman–Crippen MR) is 93.6 cm³/mol. The minimum Gasteiger partial charge on any atom is -0.504 e. The highest BCUT2D eigenvalue weighted by atomic mass is 16.5. The molecule has 0 radical (unpaired) electrons. The Labute approximate surface area is 139 Å². The highest BCUT2D eigenvalue weighted by Gasteiger charge is 2.05. The number of carbonyl (C=O) groups excluding carboxylic acids is 1. The first kappa shape index (κ1) is 19.1. The number of nitrogens with one attached hydrogen (secondary N) is 1. The van der Waals surface area contributed by atoms with Gasteiger partial charge in [0.15, 0.2) is 11.5 Å². The molecule has 0 aromatic heterocycles. The van der Waals surface area contributed by atoms with E-state index >= 15 is 0 Å². The van der Waals surface area contributed by atoms with Crippen LogP contribution in [0.15, 0.2) is 30.4 Å². The van der Waals surface area contributed by atoms with Crippen LogP contribution in [0.2, 0.25) is 0 Å². The van der Waals surface area contributed by atoms with Gasteiger partial charge in [-0.1, -0.05) is 38.5 Å². The van der Waals surface area contributed by atoms with Crippen molar-refractivity contribution in [3.05, 3.63) is 35.9 Å². The number of amides is 1. The van der Waals surface area contributed by atoms with E-state index < -0.39 is 0 Å². The van der Waals surface area contributed by atoms with Gasteiger partial charge >= 0.3 is 0 Å². The Balaban J connectivity index is 2.21. The lowest BCUT2D eigenvalue weighted by molar-refractivity contribution is -0.121. The van der Waals surface area contributed by atoms with Gasteiger partial charge in [-0.05, 0) is 42.9 Å². The normalized spacial score (nSPS) is 12.3. The number of unbranched alkanes of at least 4 members (excludes halogenated alkanes) is 2. The third kappa shape index (κ3) is 7.73. The zero-order valence-electron chi connectivity index (χ0n) is 14.5. The van der Waals surface area contributed by atoms with Crippen LogP contribution >= 0.6 is 0 Å². The van der Waals surface area contributed by atoms with Crippen molar-refractivity contribution in [1.29, 1.82) is 0 Å². The van der Waals surface area contributed by atoms with Gasteiger partial charge < -0.3 is 15.2 Å². The second kappa shape index (κ2) is 10.7. The van der Waals surface area contributed by atoms with Crippen LogP contribution in [0.5, 0.6) is 11.5 Å². The van der Waals surface area contributed by atoms with Crippen LogP contribution in [0.3, 0.4) is 0 Å². The molecule has 23 heavy (non-hydrogen) atoms. The number of hydrogen-bond donors (Lipinski definition) is 2. The number of benzene rings is 1. The molecule has 0 aliphatic rings. The molecule has 1 atom stereocenters. The summed E-state index contributed by atoms with van der Waals surface area (Å²) in [5.74, 6) is 1.22. The molecule has 0 saturated heterocycles. The molecule has 0 bridgehead atoms. The van der Waals surface area contributed by atoms with Crippen molar-refractivity contribution in [3.63, 3.8) is 0 Å². The van der Waals surface area contributed by atoms with Crippen molar-refractivity contribution in [3.8, 4) is 11.5 Å². The summed E-state index contributed by atoms with van der Waals surface area (Å²) in [6.45, 7) is 4.84. The number of rotatable bonds is 10. The van der Waals surface area contributed by atoms with Crippen LogP contribution in [0.1, 0.15) is 51.5 Å². The number of ether oxygens (including phenoxy) is 1. The number of hydrogen-bond acceptors (Lipinski definition) is 3. The van der Waals surface area contributed by atoms with Crippen LogP contribution in [-0.2, 0) is 11.3 Å². The lowest BCUT2D eigenvalue weighted by Crippen LogP contribution is -2.22. The Kier molecular flexibility index (Phi) is 8.88. The fraction of sp³-hybridized carbons (Fsp3) is 0.526. The van der Waals surface area contributed by atoms with E-state index in [1.165, 1.54) is 13.5 Å². The maximum absolute atomic E-state index is 11.8. The lowest BCUT2D eigenvalue weighted by Gasteiger charge is -2.08. The van der Waals surface area contributed by atoms with E-state index in [1.54, 1.807) is 18.2 Å². The molecule has 1 aromatic carbocycles. The zero-order chi connectivity index (χ0) is 17.1. The van der Waals surface area contributed by atoms with E-state index in [4.69, 9.17) is 4.74 Å². The number of carbonyl (C=O) groups is 1. The van der Waals surface area contributed by atoms with E-state index in [0.717, 1.165) is 24.8 Å². The summed E-state index contributed by atoms with van der Waals surface area (Å²) in [5.41, 5.74) is 0.907. The third-order valence-electron chi connectivity index (χ3n) is 3.87. The maximum atomic E-state index is 11.8. The SMILES string of the molecule is CCC(C)/C=C/CCCCC(=O)NCc1ccc(O)c(OC)c1. The molecule has 0 saturated carbocycles. The molecule has 0 aliphatic heterocycles. The second-order valence-electron chi connectivity index (χ2n) is 5.84. The number of aromatic hydroxyl groups is 1. The summed E-state index contributed by atoms with van der Waals surface area (Å²) in [6.07, 6.45) is 9.15. The second-order valence-corrected chi connectivity index (χ2v) is 5.84. The third-order valence-corrected chi connectivity index (χ3v) is 3.87.